The van der Waals surface area contributed by atoms with Crippen molar-refractivity contribution in [2.75, 3.05) is 36.5 Å². The molecule has 0 aromatic heterocycles. The van der Waals surface area contributed by atoms with Gasteiger partial charge < -0.3 is 16.0 Å². The van der Waals surface area contributed by atoms with E-state index < -0.39 is 21.8 Å². The minimum absolute atomic E-state index is 0.279. The van der Waals surface area contributed by atoms with Crippen LogP contribution >= 0.6 is 0 Å². The van der Waals surface area contributed by atoms with Gasteiger partial charge in [0.2, 0.25) is 27.7 Å². The minimum Gasteiger partial charge on any atom is -0.366 e. The first-order valence-corrected chi connectivity index (χ1v) is 13.5. The summed E-state index contributed by atoms with van der Waals surface area (Å²) in [5, 5.41) is 2.81. The summed E-state index contributed by atoms with van der Waals surface area (Å²) in [7, 11) is -0.618. The average molecular weight is 534 g/mol. The average Bonchev–Trinajstić information content (AvgIpc) is 3.20. The topological polar surface area (TPSA) is 142 Å². The number of nitrogens with two attached hydrogens (primary N) is 1. The SMILES string of the molecule is CN(C)C(=O)CN(c1ccc(N=C(c2ccccc2)C2C(=O)Nc3cc(C(N)=O)ccc32)cc1)S(C)(=O)=O. The number of rotatable bonds is 8. The van der Waals surface area contributed by atoms with Crippen molar-refractivity contribution in [3.63, 3.8) is 0 Å². The number of anilines is 2. The molecule has 0 spiro atoms. The number of aliphatic imine (C=N–C) groups is 1. The van der Waals surface area contributed by atoms with E-state index in [0.717, 1.165) is 16.1 Å². The Balaban J connectivity index is 1.75. The van der Waals surface area contributed by atoms with E-state index >= 15 is 0 Å². The van der Waals surface area contributed by atoms with Gasteiger partial charge in [-0.2, -0.15) is 0 Å². The molecular formula is C27H27N5O5S. The van der Waals surface area contributed by atoms with Gasteiger partial charge in [-0.3, -0.25) is 23.7 Å². The van der Waals surface area contributed by atoms with Crippen LogP contribution in [0.15, 0.2) is 77.8 Å². The highest BCUT2D eigenvalue weighted by atomic mass is 32.2. The fourth-order valence-electron chi connectivity index (χ4n) is 4.09. The molecule has 3 amide bonds. The fourth-order valence-corrected chi connectivity index (χ4v) is 4.94. The van der Waals surface area contributed by atoms with Crippen LogP contribution in [-0.2, 0) is 19.6 Å². The van der Waals surface area contributed by atoms with Crippen LogP contribution in [0.25, 0.3) is 0 Å². The summed E-state index contributed by atoms with van der Waals surface area (Å²) in [5.41, 5.74) is 8.81. The van der Waals surface area contributed by atoms with Crippen LogP contribution < -0.4 is 15.4 Å². The van der Waals surface area contributed by atoms with Gasteiger partial charge in [0.05, 0.1) is 23.3 Å². The third-order valence-electron chi connectivity index (χ3n) is 6.08. The maximum absolute atomic E-state index is 13.1. The first-order chi connectivity index (χ1) is 18.0. The van der Waals surface area contributed by atoms with E-state index in [1.165, 1.54) is 4.90 Å². The number of carbonyl (C=O) groups is 3. The molecule has 1 aliphatic rings. The van der Waals surface area contributed by atoms with Crippen LogP contribution in [-0.4, -0.2) is 63.6 Å². The van der Waals surface area contributed by atoms with Crippen LogP contribution in [0.5, 0.6) is 0 Å². The number of primary amides is 1. The molecule has 10 nitrogen and oxygen atoms in total. The molecule has 4 rings (SSSR count). The van der Waals surface area contributed by atoms with Gasteiger partial charge >= 0.3 is 0 Å². The lowest BCUT2D eigenvalue weighted by Gasteiger charge is -2.23. The molecule has 38 heavy (non-hydrogen) atoms. The van der Waals surface area contributed by atoms with Crippen LogP contribution in [0.3, 0.4) is 0 Å². The molecule has 0 saturated heterocycles. The summed E-state index contributed by atoms with van der Waals surface area (Å²) in [6, 6.07) is 20.4. The highest BCUT2D eigenvalue weighted by Gasteiger charge is 2.35. The number of carbonyl (C=O) groups excluding carboxylic acids is 3. The molecule has 3 N–H and O–H groups in total. The summed E-state index contributed by atoms with van der Waals surface area (Å²) in [4.78, 5) is 43.0. The van der Waals surface area contributed by atoms with Gasteiger partial charge in [-0.15, -0.1) is 0 Å². The maximum Gasteiger partial charge on any atom is 0.248 e. The predicted octanol–water partition coefficient (Wildman–Crippen LogP) is 2.50. The first kappa shape index (κ1) is 26.6. The zero-order chi connectivity index (χ0) is 27.6. The monoisotopic (exact) mass is 533 g/mol. The molecule has 3 aromatic carbocycles. The molecule has 1 heterocycles. The van der Waals surface area contributed by atoms with Crippen molar-refractivity contribution in [2.24, 2.45) is 10.7 Å². The molecule has 1 unspecified atom stereocenters. The number of amides is 3. The molecule has 0 fully saturated rings. The Hall–Kier alpha value is -4.51. The standard InChI is InChI=1S/C27H27N5O5S/c1-31(2)23(33)16-32(38(3,36)37)20-12-10-19(11-13-20)29-25(17-7-5-4-6-8-17)24-21-14-9-18(26(28)34)15-22(21)30-27(24)35/h4-15,24H,16H2,1-3H3,(H2,28,34)(H,30,35). The number of likely N-dealkylation sites (N-methyl/N-ethyl adjacent to an activating group) is 1. The van der Waals surface area contributed by atoms with Gasteiger partial charge in [0, 0.05) is 25.3 Å². The van der Waals surface area contributed by atoms with E-state index in [-0.39, 0.29) is 23.9 Å². The normalized spacial score (nSPS) is 15.0. The van der Waals surface area contributed by atoms with Crippen molar-refractivity contribution in [3.8, 4) is 0 Å². The van der Waals surface area contributed by atoms with Gasteiger partial charge in [0.15, 0.2) is 0 Å². The van der Waals surface area contributed by atoms with Gasteiger partial charge in [0.25, 0.3) is 0 Å². The number of benzene rings is 3. The zero-order valence-electron chi connectivity index (χ0n) is 21.1. The van der Waals surface area contributed by atoms with Gasteiger partial charge in [-0.25, -0.2) is 8.42 Å². The van der Waals surface area contributed by atoms with Crippen LogP contribution in [0.2, 0.25) is 0 Å². The van der Waals surface area contributed by atoms with Crippen molar-refractivity contribution >= 4 is 50.5 Å². The molecule has 1 aliphatic heterocycles. The van der Waals surface area contributed by atoms with Gasteiger partial charge in [-0.1, -0.05) is 36.4 Å². The second kappa shape index (κ2) is 10.5. The molecular weight excluding hydrogens is 506 g/mol. The molecule has 1 atom stereocenters. The molecule has 0 bridgehead atoms. The Bertz CT molecular complexity index is 1530. The number of nitrogens with zero attached hydrogens (tertiary/aromatic N) is 3. The predicted molar refractivity (Wildman–Crippen MR) is 146 cm³/mol. The maximum atomic E-state index is 13.1. The Morgan fingerprint density at radius 2 is 1.63 bits per heavy atom. The van der Waals surface area contributed by atoms with Crippen LogP contribution in [0.1, 0.15) is 27.4 Å². The van der Waals surface area contributed by atoms with E-state index in [9.17, 15) is 22.8 Å². The molecule has 0 radical (unpaired) electrons. The van der Waals surface area contributed by atoms with Gasteiger partial charge in [0.1, 0.15) is 12.5 Å². The number of nitrogens with one attached hydrogen (secondary N) is 1. The van der Waals surface area contributed by atoms with Crippen molar-refractivity contribution in [1.29, 1.82) is 0 Å². The van der Waals surface area contributed by atoms with Crippen molar-refractivity contribution in [3.05, 3.63) is 89.5 Å². The summed E-state index contributed by atoms with van der Waals surface area (Å²) in [6.45, 7) is -0.337. The quantitative estimate of drug-likeness (QED) is 0.428. The number of hydrogen-bond acceptors (Lipinski definition) is 6. The second-order valence-electron chi connectivity index (χ2n) is 9.03. The first-order valence-electron chi connectivity index (χ1n) is 11.6. The van der Waals surface area contributed by atoms with Crippen molar-refractivity contribution in [2.45, 2.75) is 5.92 Å². The smallest absolute Gasteiger partial charge is 0.248 e. The third kappa shape index (κ3) is 5.57. The Labute approximate surface area is 220 Å². The minimum atomic E-state index is -3.72. The lowest BCUT2D eigenvalue weighted by Crippen LogP contribution is -2.39. The number of fused-ring (bicyclic) bond motifs is 1. The van der Waals surface area contributed by atoms with Crippen LogP contribution in [0.4, 0.5) is 17.1 Å². The lowest BCUT2D eigenvalue weighted by molar-refractivity contribution is -0.127. The third-order valence-corrected chi connectivity index (χ3v) is 7.22. The van der Waals surface area contributed by atoms with Crippen molar-refractivity contribution in [1.82, 2.24) is 4.90 Å². The summed E-state index contributed by atoms with van der Waals surface area (Å²) in [6.07, 6.45) is 1.04. The highest BCUT2D eigenvalue weighted by molar-refractivity contribution is 7.92. The largest absolute Gasteiger partial charge is 0.366 e. The second-order valence-corrected chi connectivity index (χ2v) is 10.9. The molecule has 0 aliphatic carbocycles. The van der Waals surface area contributed by atoms with E-state index in [1.807, 2.05) is 30.3 Å². The number of sulfonamides is 1. The van der Waals surface area contributed by atoms with Crippen molar-refractivity contribution < 1.29 is 22.8 Å². The molecule has 0 saturated carbocycles. The Morgan fingerprint density at radius 1 is 0.974 bits per heavy atom. The highest BCUT2D eigenvalue weighted by Crippen LogP contribution is 2.37. The molecule has 3 aromatic rings. The Kier molecular flexibility index (Phi) is 7.31. The molecule has 196 valence electrons. The molecule has 11 heteroatoms. The summed E-state index contributed by atoms with van der Waals surface area (Å²) in [5.74, 6) is -2.02. The van der Waals surface area contributed by atoms with E-state index in [4.69, 9.17) is 10.7 Å². The van der Waals surface area contributed by atoms with E-state index in [1.54, 1.807) is 56.6 Å². The summed E-state index contributed by atoms with van der Waals surface area (Å²) < 4.78 is 25.8. The fraction of sp³-hybridized carbons (Fsp3) is 0.185. The van der Waals surface area contributed by atoms with Crippen LogP contribution in [0, 0.1) is 0 Å². The number of hydrogen-bond donors (Lipinski definition) is 2. The summed E-state index contributed by atoms with van der Waals surface area (Å²) >= 11 is 0. The lowest BCUT2D eigenvalue weighted by atomic mass is 9.90. The van der Waals surface area contributed by atoms with E-state index in [2.05, 4.69) is 5.32 Å². The van der Waals surface area contributed by atoms with E-state index in [0.29, 0.717) is 28.3 Å². The van der Waals surface area contributed by atoms with Gasteiger partial charge in [-0.05, 0) is 47.5 Å². The Morgan fingerprint density at radius 3 is 2.21 bits per heavy atom. The zero-order valence-corrected chi connectivity index (χ0v) is 21.9.